The third-order valence-electron chi connectivity index (χ3n) is 3.94. The van der Waals surface area contributed by atoms with E-state index in [1.165, 1.54) is 25.7 Å². The zero-order valence-corrected chi connectivity index (χ0v) is 12.0. The average molecular weight is 268 g/mol. The van der Waals surface area contributed by atoms with Crippen LogP contribution in [0.15, 0.2) is 12.1 Å². The Bertz CT molecular complexity index is 419. The van der Waals surface area contributed by atoms with E-state index >= 15 is 0 Å². The molecule has 0 bridgehead atoms. The van der Waals surface area contributed by atoms with Crippen LogP contribution in [0, 0.1) is 12.8 Å². The standard InChI is InChI=1S/C15H22ClNO/c1-3-11-6-4-5-7-14(11)18-15-9-12(16)13(17)8-10(15)2/h8-9,11,14H,3-7,17H2,1-2H3. The summed E-state index contributed by atoms with van der Waals surface area (Å²) in [5, 5.41) is 0.583. The summed E-state index contributed by atoms with van der Waals surface area (Å²) in [7, 11) is 0. The summed E-state index contributed by atoms with van der Waals surface area (Å²) >= 11 is 6.07. The van der Waals surface area contributed by atoms with Crippen LogP contribution < -0.4 is 10.5 Å². The van der Waals surface area contributed by atoms with Gasteiger partial charge in [0.05, 0.1) is 10.7 Å². The van der Waals surface area contributed by atoms with Crippen molar-refractivity contribution in [3.8, 4) is 5.75 Å². The monoisotopic (exact) mass is 267 g/mol. The van der Waals surface area contributed by atoms with Crippen molar-refractivity contribution in [2.75, 3.05) is 5.73 Å². The third kappa shape index (κ3) is 2.92. The Hall–Kier alpha value is -0.890. The number of halogens is 1. The molecule has 0 heterocycles. The van der Waals surface area contributed by atoms with Crippen LogP contribution in [0.5, 0.6) is 5.75 Å². The molecule has 0 aromatic heterocycles. The van der Waals surface area contributed by atoms with Crippen molar-refractivity contribution in [1.82, 2.24) is 0 Å². The molecule has 1 saturated carbocycles. The van der Waals surface area contributed by atoms with Gasteiger partial charge in [0, 0.05) is 6.07 Å². The maximum atomic E-state index is 6.19. The van der Waals surface area contributed by atoms with Crippen molar-refractivity contribution in [1.29, 1.82) is 0 Å². The zero-order valence-electron chi connectivity index (χ0n) is 11.2. The summed E-state index contributed by atoms with van der Waals surface area (Å²) in [6, 6.07) is 3.75. The highest BCUT2D eigenvalue weighted by Crippen LogP contribution is 2.34. The Labute approximate surface area is 114 Å². The first-order chi connectivity index (χ1) is 8.61. The second-order valence-electron chi connectivity index (χ2n) is 5.25. The lowest BCUT2D eigenvalue weighted by Gasteiger charge is -2.31. The van der Waals surface area contributed by atoms with Crippen LogP contribution in [0.1, 0.15) is 44.6 Å². The molecule has 2 N–H and O–H groups in total. The molecule has 0 aliphatic heterocycles. The van der Waals surface area contributed by atoms with E-state index in [2.05, 4.69) is 6.92 Å². The summed E-state index contributed by atoms with van der Waals surface area (Å²) in [5.74, 6) is 1.56. The topological polar surface area (TPSA) is 35.2 Å². The third-order valence-corrected chi connectivity index (χ3v) is 4.26. The number of ether oxygens (including phenoxy) is 1. The average Bonchev–Trinajstić information content (AvgIpc) is 2.36. The fraction of sp³-hybridized carbons (Fsp3) is 0.600. The Balaban J connectivity index is 2.15. The number of nitrogens with two attached hydrogens (primary N) is 1. The molecule has 0 spiro atoms. The van der Waals surface area contributed by atoms with Gasteiger partial charge < -0.3 is 10.5 Å². The van der Waals surface area contributed by atoms with Gasteiger partial charge in [-0.3, -0.25) is 0 Å². The Morgan fingerprint density at radius 2 is 2.06 bits per heavy atom. The van der Waals surface area contributed by atoms with Crippen molar-refractivity contribution in [3.63, 3.8) is 0 Å². The summed E-state index contributed by atoms with van der Waals surface area (Å²) in [6.45, 7) is 4.26. The minimum Gasteiger partial charge on any atom is -0.490 e. The van der Waals surface area contributed by atoms with E-state index in [1.807, 2.05) is 19.1 Å². The highest BCUT2D eigenvalue weighted by molar-refractivity contribution is 6.33. The molecular weight excluding hydrogens is 246 g/mol. The van der Waals surface area contributed by atoms with Crippen LogP contribution in [0.4, 0.5) is 5.69 Å². The Morgan fingerprint density at radius 1 is 1.33 bits per heavy atom. The molecule has 2 atom stereocenters. The number of hydrogen-bond donors (Lipinski definition) is 1. The molecule has 1 aromatic carbocycles. The van der Waals surface area contributed by atoms with Crippen LogP contribution in [0.3, 0.4) is 0 Å². The summed E-state index contributed by atoms with van der Waals surface area (Å²) in [4.78, 5) is 0. The summed E-state index contributed by atoms with van der Waals surface area (Å²) in [5.41, 5.74) is 7.48. The van der Waals surface area contributed by atoms with E-state index in [4.69, 9.17) is 22.1 Å². The van der Waals surface area contributed by atoms with Crippen molar-refractivity contribution in [2.24, 2.45) is 5.92 Å². The van der Waals surface area contributed by atoms with E-state index in [0.29, 0.717) is 22.7 Å². The van der Waals surface area contributed by atoms with E-state index in [-0.39, 0.29) is 0 Å². The number of anilines is 1. The second kappa shape index (κ2) is 5.83. The number of benzene rings is 1. The van der Waals surface area contributed by atoms with Crippen LogP contribution in [0.2, 0.25) is 5.02 Å². The highest BCUT2D eigenvalue weighted by atomic mass is 35.5. The number of rotatable bonds is 3. The predicted molar refractivity (Wildman–Crippen MR) is 77.3 cm³/mol. The molecule has 100 valence electrons. The SMILES string of the molecule is CCC1CCCCC1Oc1cc(Cl)c(N)cc1C. The van der Waals surface area contributed by atoms with Gasteiger partial charge in [0.15, 0.2) is 0 Å². The van der Waals surface area contributed by atoms with E-state index < -0.39 is 0 Å². The van der Waals surface area contributed by atoms with Crippen molar-refractivity contribution in [2.45, 2.75) is 52.1 Å². The Kier molecular flexibility index (Phi) is 4.39. The molecule has 0 radical (unpaired) electrons. The molecule has 0 amide bonds. The molecule has 3 heteroatoms. The molecular formula is C15H22ClNO. The molecule has 1 aliphatic rings. The molecule has 2 unspecified atom stereocenters. The fourth-order valence-electron chi connectivity index (χ4n) is 2.77. The van der Waals surface area contributed by atoms with Crippen molar-refractivity contribution in [3.05, 3.63) is 22.7 Å². The van der Waals surface area contributed by atoms with Gasteiger partial charge in [0.25, 0.3) is 0 Å². The van der Waals surface area contributed by atoms with Crippen LogP contribution in [-0.4, -0.2) is 6.10 Å². The van der Waals surface area contributed by atoms with Crippen LogP contribution in [-0.2, 0) is 0 Å². The van der Waals surface area contributed by atoms with Crippen molar-refractivity contribution >= 4 is 17.3 Å². The van der Waals surface area contributed by atoms with Gasteiger partial charge in [-0.05, 0) is 50.2 Å². The largest absolute Gasteiger partial charge is 0.490 e. The fourth-order valence-corrected chi connectivity index (χ4v) is 2.93. The maximum absolute atomic E-state index is 6.19. The quantitative estimate of drug-likeness (QED) is 0.814. The van der Waals surface area contributed by atoms with Crippen LogP contribution in [0.25, 0.3) is 0 Å². The van der Waals surface area contributed by atoms with Gasteiger partial charge >= 0.3 is 0 Å². The lowest BCUT2D eigenvalue weighted by molar-refractivity contribution is 0.0897. The van der Waals surface area contributed by atoms with E-state index in [1.54, 1.807) is 0 Å². The normalized spacial score (nSPS) is 23.9. The molecule has 1 aliphatic carbocycles. The zero-order chi connectivity index (χ0) is 13.1. The highest BCUT2D eigenvalue weighted by Gasteiger charge is 2.25. The second-order valence-corrected chi connectivity index (χ2v) is 5.66. The van der Waals surface area contributed by atoms with Gasteiger partial charge in [-0.2, -0.15) is 0 Å². The lowest BCUT2D eigenvalue weighted by atomic mass is 9.84. The first-order valence-corrected chi connectivity index (χ1v) is 7.22. The molecule has 0 saturated heterocycles. The first kappa shape index (κ1) is 13.5. The van der Waals surface area contributed by atoms with Gasteiger partial charge in [0.2, 0.25) is 0 Å². The molecule has 2 rings (SSSR count). The number of aryl methyl sites for hydroxylation is 1. The van der Waals surface area contributed by atoms with Gasteiger partial charge in [-0.1, -0.05) is 24.9 Å². The maximum Gasteiger partial charge on any atom is 0.124 e. The van der Waals surface area contributed by atoms with Gasteiger partial charge in [-0.25, -0.2) is 0 Å². The first-order valence-electron chi connectivity index (χ1n) is 6.84. The summed E-state index contributed by atoms with van der Waals surface area (Å²) in [6.07, 6.45) is 6.56. The van der Waals surface area contributed by atoms with E-state index in [0.717, 1.165) is 17.7 Å². The lowest BCUT2D eigenvalue weighted by Crippen LogP contribution is -2.30. The Morgan fingerprint density at radius 3 is 2.78 bits per heavy atom. The smallest absolute Gasteiger partial charge is 0.124 e. The minimum absolute atomic E-state index is 0.335. The molecule has 1 aromatic rings. The predicted octanol–water partition coefficient (Wildman–Crippen LogP) is 4.58. The number of nitrogen functional groups attached to an aromatic ring is 1. The van der Waals surface area contributed by atoms with Gasteiger partial charge in [-0.15, -0.1) is 0 Å². The number of hydrogen-bond acceptors (Lipinski definition) is 2. The molecule has 2 nitrogen and oxygen atoms in total. The van der Waals surface area contributed by atoms with Crippen molar-refractivity contribution < 1.29 is 4.74 Å². The van der Waals surface area contributed by atoms with Crippen LogP contribution >= 0.6 is 11.6 Å². The minimum atomic E-state index is 0.335. The molecule has 1 fully saturated rings. The summed E-state index contributed by atoms with van der Waals surface area (Å²) < 4.78 is 6.19. The molecule has 18 heavy (non-hydrogen) atoms. The van der Waals surface area contributed by atoms with E-state index in [9.17, 15) is 0 Å². The van der Waals surface area contributed by atoms with Gasteiger partial charge in [0.1, 0.15) is 11.9 Å².